The number of pyridine rings is 1. The van der Waals surface area contributed by atoms with Crippen molar-refractivity contribution in [1.29, 1.82) is 0 Å². The molecular formula is C18H21N3O2S. The van der Waals surface area contributed by atoms with Gasteiger partial charge in [0.05, 0.1) is 13.2 Å². The lowest BCUT2D eigenvalue weighted by atomic mass is 9.90. The van der Waals surface area contributed by atoms with Crippen LogP contribution < -0.4 is 20.1 Å². The summed E-state index contributed by atoms with van der Waals surface area (Å²) in [5, 5.41) is 6.99. The van der Waals surface area contributed by atoms with Crippen molar-refractivity contribution >= 4 is 23.1 Å². The second-order valence-corrected chi connectivity index (χ2v) is 6.72. The molecule has 1 aliphatic rings. The molecule has 1 aromatic carbocycles. The number of anilines is 1. The quantitative estimate of drug-likeness (QED) is 0.829. The standard InChI is InChI=1S/C18H21N3O2S/c1-18(2)11-13(12-7-4-5-8-14(12)23-18)20-17(24)21-16-15(22-3)9-6-10-19-16/h4-10,13H,11H2,1-3H3,(H2,19,20,21,24)/t13-/m0/s1. The molecule has 3 rings (SSSR count). The number of nitrogens with one attached hydrogen (secondary N) is 2. The van der Waals surface area contributed by atoms with Crippen LogP contribution in [-0.2, 0) is 0 Å². The molecule has 0 spiro atoms. The van der Waals surface area contributed by atoms with E-state index in [0.717, 1.165) is 17.7 Å². The van der Waals surface area contributed by atoms with Gasteiger partial charge in [-0.05, 0) is 44.3 Å². The highest BCUT2D eigenvalue weighted by molar-refractivity contribution is 7.80. The third-order valence-electron chi connectivity index (χ3n) is 3.90. The van der Waals surface area contributed by atoms with E-state index in [0.29, 0.717) is 16.7 Å². The molecule has 0 unspecified atom stereocenters. The first-order valence-corrected chi connectivity index (χ1v) is 8.24. The zero-order valence-corrected chi connectivity index (χ0v) is 14.8. The van der Waals surface area contributed by atoms with Crippen molar-refractivity contribution < 1.29 is 9.47 Å². The number of hydrogen-bond donors (Lipinski definition) is 2. The second kappa shape index (κ2) is 6.65. The van der Waals surface area contributed by atoms with Gasteiger partial charge in [-0.3, -0.25) is 0 Å². The summed E-state index contributed by atoms with van der Waals surface area (Å²) in [5.74, 6) is 2.14. The van der Waals surface area contributed by atoms with Gasteiger partial charge in [-0.25, -0.2) is 4.98 Å². The summed E-state index contributed by atoms with van der Waals surface area (Å²) in [4.78, 5) is 4.27. The lowest BCUT2D eigenvalue weighted by molar-refractivity contribution is 0.0697. The highest BCUT2D eigenvalue weighted by Crippen LogP contribution is 2.39. The molecule has 126 valence electrons. The fourth-order valence-corrected chi connectivity index (χ4v) is 3.12. The van der Waals surface area contributed by atoms with Gasteiger partial charge in [0.15, 0.2) is 16.7 Å². The molecule has 1 aromatic heterocycles. The minimum Gasteiger partial charge on any atom is -0.493 e. The Morgan fingerprint density at radius 1 is 1.29 bits per heavy atom. The predicted molar refractivity (Wildman–Crippen MR) is 98.7 cm³/mol. The number of fused-ring (bicyclic) bond motifs is 1. The van der Waals surface area contributed by atoms with E-state index in [1.165, 1.54) is 0 Å². The van der Waals surface area contributed by atoms with E-state index in [2.05, 4.69) is 35.5 Å². The number of nitrogens with zero attached hydrogens (tertiary/aromatic N) is 1. The molecule has 0 aliphatic carbocycles. The minimum atomic E-state index is -0.260. The summed E-state index contributed by atoms with van der Waals surface area (Å²) in [6, 6.07) is 11.8. The number of ether oxygens (including phenoxy) is 2. The summed E-state index contributed by atoms with van der Waals surface area (Å²) >= 11 is 5.47. The van der Waals surface area contributed by atoms with Crippen molar-refractivity contribution in [3.63, 3.8) is 0 Å². The van der Waals surface area contributed by atoms with Gasteiger partial charge < -0.3 is 20.1 Å². The van der Waals surface area contributed by atoms with E-state index in [-0.39, 0.29) is 11.6 Å². The zero-order valence-electron chi connectivity index (χ0n) is 14.0. The van der Waals surface area contributed by atoms with Crippen LogP contribution in [-0.4, -0.2) is 22.8 Å². The number of rotatable bonds is 3. The third kappa shape index (κ3) is 3.59. The van der Waals surface area contributed by atoms with E-state index in [1.54, 1.807) is 13.3 Å². The van der Waals surface area contributed by atoms with Gasteiger partial charge in [0.2, 0.25) is 0 Å². The molecule has 0 saturated carbocycles. The van der Waals surface area contributed by atoms with E-state index in [4.69, 9.17) is 21.7 Å². The van der Waals surface area contributed by atoms with E-state index in [1.807, 2.05) is 30.3 Å². The summed E-state index contributed by atoms with van der Waals surface area (Å²) < 4.78 is 11.3. The van der Waals surface area contributed by atoms with Crippen molar-refractivity contribution in [3.05, 3.63) is 48.2 Å². The Bertz CT molecular complexity index is 749. The van der Waals surface area contributed by atoms with E-state index in [9.17, 15) is 0 Å². The summed E-state index contributed by atoms with van der Waals surface area (Å²) in [7, 11) is 1.61. The molecule has 1 atom stereocenters. The van der Waals surface area contributed by atoms with Crippen LogP contribution in [0.5, 0.6) is 11.5 Å². The number of para-hydroxylation sites is 1. The molecule has 0 fully saturated rings. The summed E-state index contributed by atoms with van der Waals surface area (Å²) in [6.45, 7) is 4.16. The number of hydrogen-bond acceptors (Lipinski definition) is 4. The average molecular weight is 343 g/mol. The van der Waals surface area contributed by atoms with Gasteiger partial charge >= 0.3 is 0 Å². The molecule has 1 aliphatic heterocycles. The maximum Gasteiger partial charge on any atom is 0.174 e. The Morgan fingerprint density at radius 3 is 2.88 bits per heavy atom. The first-order valence-electron chi connectivity index (χ1n) is 7.83. The Hall–Kier alpha value is -2.34. The number of aromatic nitrogens is 1. The van der Waals surface area contributed by atoms with Crippen LogP contribution in [0.25, 0.3) is 0 Å². The van der Waals surface area contributed by atoms with Crippen molar-refractivity contribution in [2.24, 2.45) is 0 Å². The van der Waals surface area contributed by atoms with Crippen LogP contribution in [0.1, 0.15) is 31.9 Å². The topological polar surface area (TPSA) is 55.4 Å². The van der Waals surface area contributed by atoms with Crippen LogP contribution in [0, 0.1) is 0 Å². The maximum absolute atomic E-state index is 6.05. The molecule has 2 aromatic rings. The van der Waals surface area contributed by atoms with Gasteiger partial charge in [0.25, 0.3) is 0 Å². The fourth-order valence-electron chi connectivity index (χ4n) is 2.88. The van der Waals surface area contributed by atoms with Gasteiger partial charge in [-0.15, -0.1) is 0 Å². The smallest absolute Gasteiger partial charge is 0.174 e. The van der Waals surface area contributed by atoms with Gasteiger partial charge in [0.1, 0.15) is 11.4 Å². The summed E-state index contributed by atoms with van der Waals surface area (Å²) in [6.07, 6.45) is 2.51. The van der Waals surface area contributed by atoms with Crippen molar-refractivity contribution in [1.82, 2.24) is 10.3 Å². The molecule has 2 heterocycles. The molecule has 6 heteroatoms. The molecule has 0 amide bonds. The Labute approximate surface area is 147 Å². The SMILES string of the molecule is COc1cccnc1NC(=S)N[C@H]1CC(C)(C)Oc2ccccc21. The normalized spacial score (nSPS) is 18.0. The Kier molecular flexibility index (Phi) is 4.57. The number of methoxy groups -OCH3 is 1. The average Bonchev–Trinajstić information content (AvgIpc) is 2.54. The van der Waals surface area contributed by atoms with Crippen LogP contribution in [0.2, 0.25) is 0 Å². The molecular weight excluding hydrogens is 322 g/mol. The highest BCUT2D eigenvalue weighted by atomic mass is 32.1. The van der Waals surface area contributed by atoms with Crippen LogP contribution in [0.3, 0.4) is 0 Å². The first kappa shape index (κ1) is 16.5. The second-order valence-electron chi connectivity index (χ2n) is 6.31. The highest BCUT2D eigenvalue weighted by Gasteiger charge is 2.33. The van der Waals surface area contributed by atoms with Gasteiger partial charge in [-0.1, -0.05) is 18.2 Å². The fraction of sp³-hybridized carbons (Fsp3) is 0.333. The van der Waals surface area contributed by atoms with E-state index >= 15 is 0 Å². The van der Waals surface area contributed by atoms with Crippen molar-refractivity contribution in [2.75, 3.05) is 12.4 Å². The zero-order chi connectivity index (χ0) is 17.2. The van der Waals surface area contributed by atoms with Crippen LogP contribution >= 0.6 is 12.2 Å². The molecule has 5 nitrogen and oxygen atoms in total. The van der Waals surface area contributed by atoms with Gasteiger partial charge in [-0.2, -0.15) is 0 Å². The lowest BCUT2D eigenvalue weighted by Gasteiger charge is -2.38. The maximum atomic E-state index is 6.05. The van der Waals surface area contributed by atoms with Crippen molar-refractivity contribution in [2.45, 2.75) is 31.9 Å². The van der Waals surface area contributed by atoms with Crippen LogP contribution in [0.15, 0.2) is 42.6 Å². The predicted octanol–water partition coefficient (Wildman–Crippen LogP) is 3.68. The molecule has 2 N–H and O–H groups in total. The largest absolute Gasteiger partial charge is 0.493 e. The Balaban J connectivity index is 1.77. The van der Waals surface area contributed by atoms with Crippen LogP contribution in [0.4, 0.5) is 5.82 Å². The minimum absolute atomic E-state index is 0.0691. The first-order chi connectivity index (χ1) is 11.5. The van der Waals surface area contributed by atoms with Gasteiger partial charge in [0, 0.05) is 18.2 Å². The summed E-state index contributed by atoms with van der Waals surface area (Å²) in [5.41, 5.74) is 0.846. The number of thiocarbonyl (C=S) groups is 1. The third-order valence-corrected chi connectivity index (χ3v) is 4.12. The molecule has 0 saturated heterocycles. The number of benzene rings is 1. The molecule has 0 radical (unpaired) electrons. The Morgan fingerprint density at radius 2 is 2.08 bits per heavy atom. The lowest BCUT2D eigenvalue weighted by Crippen LogP contribution is -2.42. The van der Waals surface area contributed by atoms with Crippen molar-refractivity contribution in [3.8, 4) is 11.5 Å². The van der Waals surface area contributed by atoms with E-state index < -0.39 is 0 Å². The molecule has 24 heavy (non-hydrogen) atoms. The molecule has 0 bridgehead atoms. The monoisotopic (exact) mass is 343 g/mol.